The molecule has 2 N–H and O–H groups in total. The van der Waals surface area contributed by atoms with Gasteiger partial charge in [0.1, 0.15) is 11.3 Å². The highest BCUT2D eigenvalue weighted by atomic mass is 16.5. The first-order chi connectivity index (χ1) is 12.0. The minimum absolute atomic E-state index is 0.0125. The number of hydrogen-bond acceptors (Lipinski definition) is 7. The zero-order valence-electron chi connectivity index (χ0n) is 14.8. The molecule has 0 saturated carbocycles. The van der Waals surface area contributed by atoms with Crippen molar-refractivity contribution in [3.8, 4) is 17.2 Å². The summed E-state index contributed by atoms with van der Waals surface area (Å²) in [6, 6.07) is 3.16. The Balaban J connectivity index is 3.39. The predicted molar refractivity (Wildman–Crippen MR) is 90.8 cm³/mol. The van der Waals surface area contributed by atoms with Crippen LogP contribution in [0.15, 0.2) is 17.7 Å². The molecule has 0 fully saturated rings. The third-order valence-electron chi connectivity index (χ3n) is 3.17. The molecule has 8 nitrogen and oxygen atoms in total. The van der Waals surface area contributed by atoms with Crippen LogP contribution < -0.4 is 19.5 Å². The second kappa shape index (κ2) is 10.2. The number of benzene rings is 1. The van der Waals surface area contributed by atoms with Crippen molar-refractivity contribution in [3.05, 3.63) is 23.3 Å². The first-order valence-corrected chi connectivity index (χ1v) is 7.60. The summed E-state index contributed by atoms with van der Waals surface area (Å²) in [7, 11) is 4.41. The van der Waals surface area contributed by atoms with E-state index < -0.39 is 11.9 Å². The van der Waals surface area contributed by atoms with Crippen molar-refractivity contribution in [1.82, 2.24) is 5.32 Å². The lowest BCUT2D eigenvalue weighted by Gasteiger charge is -2.13. The van der Waals surface area contributed by atoms with E-state index in [4.69, 9.17) is 24.1 Å². The highest BCUT2D eigenvalue weighted by Crippen LogP contribution is 2.35. The minimum Gasteiger partial charge on any atom is -0.496 e. The zero-order chi connectivity index (χ0) is 18.8. The molecule has 1 amide bonds. The van der Waals surface area contributed by atoms with Gasteiger partial charge >= 0.3 is 5.97 Å². The maximum atomic E-state index is 12.2. The van der Waals surface area contributed by atoms with E-state index in [1.165, 1.54) is 27.4 Å². The van der Waals surface area contributed by atoms with Gasteiger partial charge in [0.15, 0.2) is 11.5 Å². The number of aliphatic hydroxyl groups is 1. The maximum absolute atomic E-state index is 12.2. The fourth-order valence-electron chi connectivity index (χ4n) is 2.01. The first kappa shape index (κ1) is 20.3. The van der Waals surface area contributed by atoms with Gasteiger partial charge in [-0.1, -0.05) is 0 Å². The molecule has 1 aromatic carbocycles. The summed E-state index contributed by atoms with van der Waals surface area (Å²) in [5.74, 6) is -0.207. The van der Waals surface area contributed by atoms with E-state index in [9.17, 15) is 9.59 Å². The highest BCUT2D eigenvalue weighted by molar-refractivity contribution is 6.20. The van der Waals surface area contributed by atoms with Crippen LogP contribution in [0.3, 0.4) is 0 Å². The number of ether oxygens (including phenoxy) is 4. The van der Waals surface area contributed by atoms with Crippen LogP contribution in [-0.2, 0) is 14.3 Å². The average molecular weight is 353 g/mol. The van der Waals surface area contributed by atoms with Gasteiger partial charge in [-0.15, -0.1) is 0 Å². The molecular weight excluding hydrogens is 330 g/mol. The molecule has 0 aliphatic heterocycles. The van der Waals surface area contributed by atoms with E-state index in [1.807, 2.05) is 0 Å². The SMILES string of the molecule is CCOC(=O)C(=Cc1cc(OC)c(OC)cc1OC)C(=O)NCCO. The first-order valence-electron chi connectivity index (χ1n) is 7.60. The molecule has 0 bridgehead atoms. The number of amides is 1. The average Bonchev–Trinajstić information content (AvgIpc) is 2.63. The quantitative estimate of drug-likeness (QED) is 0.292. The molecule has 8 heteroatoms. The van der Waals surface area contributed by atoms with Gasteiger partial charge in [0.05, 0.1) is 34.5 Å². The number of carbonyl (C=O) groups is 2. The van der Waals surface area contributed by atoms with Gasteiger partial charge in [-0.2, -0.15) is 0 Å². The third-order valence-corrected chi connectivity index (χ3v) is 3.17. The van der Waals surface area contributed by atoms with Crippen molar-refractivity contribution in [2.24, 2.45) is 0 Å². The second-order valence-corrected chi connectivity index (χ2v) is 4.71. The monoisotopic (exact) mass is 353 g/mol. The largest absolute Gasteiger partial charge is 0.496 e. The number of hydrogen-bond donors (Lipinski definition) is 2. The smallest absolute Gasteiger partial charge is 0.343 e. The zero-order valence-corrected chi connectivity index (χ0v) is 14.8. The summed E-state index contributed by atoms with van der Waals surface area (Å²) in [6.07, 6.45) is 1.34. The van der Waals surface area contributed by atoms with Crippen LogP contribution in [-0.4, -0.2) is 58.1 Å². The molecule has 0 aliphatic rings. The number of esters is 1. The van der Waals surface area contributed by atoms with E-state index in [-0.39, 0.29) is 25.3 Å². The lowest BCUT2D eigenvalue weighted by molar-refractivity contribution is -0.140. The predicted octanol–water partition coefficient (Wildman–Crippen LogP) is 0.767. The Morgan fingerprint density at radius 2 is 1.68 bits per heavy atom. The Kier molecular flexibility index (Phi) is 8.28. The van der Waals surface area contributed by atoms with E-state index in [2.05, 4.69) is 5.32 Å². The number of carbonyl (C=O) groups excluding carboxylic acids is 2. The van der Waals surface area contributed by atoms with Crippen LogP contribution in [0.25, 0.3) is 6.08 Å². The van der Waals surface area contributed by atoms with Crippen LogP contribution in [0.1, 0.15) is 12.5 Å². The molecule has 0 spiro atoms. The normalized spacial score (nSPS) is 10.8. The van der Waals surface area contributed by atoms with Crippen molar-refractivity contribution >= 4 is 18.0 Å². The molecule has 138 valence electrons. The van der Waals surface area contributed by atoms with E-state index in [0.717, 1.165) is 0 Å². The summed E-state index contributed by atoms with van der Waals surface area (Å²) in [5, 5.41) is 11.3. The Hall–Kier alpha value is -2.74. The molecular formula is C17H23NO7. The third kappa shape index (κ3) is 5.39. The molecule has 0 unspecified atom stereocenters. The van der Waals surface area contributed by atoms with Crippen molar-refractivity contribution in [2.75, 3.05) is 41.1 Å². The lowest BCUT2D eigenvalue weighted by Crippen LogP contribution is -2.31. The Labute approximate surface area is 146 Å². The van der Waals surface area contributed by atoms with Crippen LogP contribution in [0.5, 0.6) is 17.2 Å². The van der Waals surface area contributed by atoms with Crippen LogP contribution in [0.2, 0.25) is 0 Å². The molecule has 0 atom stereocenters. The highest BCUT2D eigenvalue weighted by Gasteiger charge is 2.21. The number of aliphatic hydroxyl groups excluding tert-OH is 1. The Morgan fingerprint density at radius 1 is 1.08 bits per heavy atom. The second-order valence-electron chi connectivity index (χ2n) is 4.71. The maximum Gasteiger partial charge on any atom is 0.343 e. The van der Waals surface area contributed by atoms with Crippen LogP contribution >= 0.6 is 0 Å². The van der Waals surface area contributed by atoms with Gasteiger partial charge in [0.2, 0.25) is 0 Å². The molecule has 0 saturated heterocycles. The molecule has 0 aromatic heterocycles. The van der Waals surface area contributed by atoms with Gasteiger partial charge < -0.3 is 29.4 Å². The van der Waals surface area contributed by atoms with E-state index >= 15 is 0 Å². The lowest BCUT2D eigenvalue weighted by atomic mass is 10.1. The summed E-state index contributed by atoms with van der Waals surface area (Å²) in [4.78, 5) is 24.3. The minimum atomic E-state index is -0.783. The van der Waals surface area contributed by atoms with Crippen molar-refractivity contribution in [3.63, 3.8) is 0 Å². The van der Waals surface area contributed by atoms with E-state index in [1.54, 1.807) is 19.1 Å². The van der Waals surface area contributed by atoms with Gasteiger partial charge in [-0.05, 0) is 19.1 Å². The number of methoxy groups -OCH3 is 3. The molecule has 25 heavy (non-hydrogen) atoms. The molecule has 0 heterocycles. The molecule has 0 aliphatic carbocycles. The Bertz CT molecular complexity index is 640. The van der Waals surface area contributed by atoms with Gasteiger partial charge in [-0.3, -0.25) is 4.79 Å². The fraction of sp³-hybridized carbons (Fsp3) is 0.412. The standard InChI is InChI=1S/C17H23NO7/c1-5-25-17(21)12(16(20)18-6-7-19)8-11-9-14(23-3)15(24-4)10-13(11)22-2/h8-10,19H,5-7H2,1-4H3,(H,18,20). The topological polar surface area (TPSA) is 103 Å². The summed E-state index contributed by atoms with van der Waals surface area (Å²) < 4.78 is 20.6. The summed E-state index contributed by atoms with van der Waals surface area (Å²) in [5.41, 5.74) is 0.211. The Morgan fingerprint density at radius 3 is 2.20 bits per heavy atom. The van der Waals surface area contributed by atoms with Crippen molar-refractivity contribution in [1.29, 1.82) is 0 Å². The summed E-state index contributed by atoms with van der Waals surface area (Å²) in [6.45, 7) is 1.52. The van der Waals surface area contributed by atoms with Crippen molar-refractivity contribution < 1.29 is 33.6 Å². The molecule has 1 rings (SSSR count). The van der Waals surface area contributed by atoms with Gasteiger partial charge in [0, 0.05) is 18.2 Å². The van der Waals surface area contributed by atoms with Crippen LogP contribution in [0, 0.1) is 0 Å². The van der Waals surface area contributed by atoms with Crippen molar-refractivity contribution in [2.45, 2.75) is 6.92 Å². The van der Waals surface area contributed by atoms with Gasteiger partial charge in [0.25, 0.3) is 5.91 Å². The van der Waals surface area contributed by atoms with Gasteiger partial charge in [-0.25, -0.2) is 4.79 Å². The number of rotatable bonds is 9. The summed E-state index contributed by atoms with van der Waals surface area (Å²) >= 11 is 0. The molecule has 1 aromatic rings. The molecule has 0 radical (unpaired) electrons. The van der Waals surface area contributed by atoms with Crippen LogP contribution in [0.4, 0.5) is 0 Å². The van der Waals surface area contributed by atoms with E-state index in [0.29, 0.717) is 22.8 Å². The fourth-order valence-corrected chi connectivity index (χ4v) is 2.01. The number of nitrogens with one attached hydrogen (secondary N) is 1.